The molecule has 1 aromatic carbocycles. The number of hydrogen-bond donors (Lipinski definition) is 1. The third-order valence-corrected chi connectivity index (χ3v) is 9.55. The van der Waals surface area contributed by atoms with E-state index in [0.29, 0.717) is 5.69 Å². The number of hydrogen-bond acceptors (Lipinski definition) is 4. The Labute approximate surface area is 156 Å². The van der Waals surface area contributed by atoms with Crippen molar-refractivity contribution >= 4 is 59.4 Å². The second kappa shape index (κ2) is 5.36. The van der Waals surface area contributed by atoms with E-state index in [1.54, 1.807) is 0 Å². The molecule has 1 heterocycles. The van der Waals surface area contributed by atoms with Crippen molar-refractivity contribution in [3.8, 4) is 0 Å². The van der Waals surface area contributed by atoms with E-state index >= 15 is 0 Å². The third-order valence-electron chi connectivity index (χ3n) is 5.41. The summed E-state index contributed by atoms with van der Waals surface area (Å²) >= 11 is 7.29. The first kappa shape index (κ1) is 16.7. The van der Waals surface area contributed by atoms with Crippen LogP contribution >= 0.6 is 31.9 Å². The lowest BCUT2D eigenvalue weighted by molar-refractivity contribution is -0.123. The number of carbonyl (C=O) groups excluding carboxylic acids is 2. The lowest BCUT2D eigenvalue weighted by Gasteiger charge is -2.28. The summed E-state index contributed by atoms with van der Waals surface area (Å²) in [5, 5.41) is 5.08. The molecule has 0 unspecified atom stereocenters. The second-order valence-corrected chi connectivity index (χ2v) is 10.2. The third kappa shape index (κ3) is 2.17. The van der Waals surface area contributed by atoms with Crippen LogP contribution in [-0.2, 0) is 19.6 Å². The molecule has 2 bridgehead atoms. The van der Waals surface area contributed by atoms with Gasteiger partial charge < -0.3 is 0 Å². The van der Waals surface area contributed by atoms with Crippen LogP contribution in [0.2, 0.25) is 0 Å². The van der Waals surface area contributed by atoms with Crippen molar-refractivity contribution in [2.45, 2.75) is 21.0 Å². The Hall–Kier alpha value is -0.770. The SMILES string of the molecule is NS(=O)(=O)c1ccc(N2C(=O)[C@@H]3[C@H]4C[C@H]([C@H](Br)[C@@H]4Br)[C@@H]3C2=O)cc1. The summed E-state index contributed by atoms with van der Waals surface area (Å²) in [6, 6.07) is 5.54. The van der Waals surface area contributed by atoms with Crippen molar-refractivity contribution < 1.29 is 18.0 Å². The molecule has 2 amide bonds. The Bertz CT molecular complexity index is 810. The van der Waals surface area contributed by atoms with Gasteiger partial charge in [0.2, 0.25) is 21.8 Å². The molecule has 6 nitrogen and oxygen atoms in total. The van der Waals surface area contributed by atoms with Gasteiger partial charge in [0.15, 0.2) is 0 Å². The standard InChI is InChI=1S/C15H14Br2N2O4S/c16-12-8-5-9(13(12)17)11-10(8)14(20)19(15(11)21)6-1-3-7(4-2-6)24(18,22)23/h1-4,8-13H,5H2,(H2,18,22,23)/t8-,9+,10-,11+,12-,13+. The maximum atomic E-state index is 12.8. The van der Waals surface area contributed by atoms with Gasteiger partial charge in [-0.05, 0) is 42.5 Å². The van der Waals surface area contributed by atoms with Crippen LogP contribution in [0.15, 0.2) is 29.2 Å². The number of anilines is 1. The lowest BCUT2D eigenvalue weighted by Crippen LogP contribution is -2.37. The van der Waals surface area contributed by atoms with Crippen molar-refractivity contribution in [1.29, 1.82) is 0 Å². The highest BCUT2D eigenvalue weighted by molar-refractivity contribution is 9.12. The number of rotatable bonds is 2. The molecule has 0 aromatic heterocycles. The number of sulfonamides is 1. The molecule has 0 spiro atoms. The number of imide groups is 1. The number of fused-ring (bicyclic) bond motifs is 5. The molecule has 9 heteroatoms. The number of nitrogens with zero attached hydrogens (tertiary/aromatic N) is 1. The van der Waals surface area contributed by atoms with E-state index in [4.69, 9.17) is 5.14 Å². The minimum atomic E-state index is -3.81. The molecule has 2 N–H and O–H groups in total. The Morgan fingerprint density at radius 3 is 1.83 bits per heavy atom. The predicted octanol–water partition coefficient (Wildman–Crippen LogP) is 1.62. The molecule has 0 radical (unpaired) electrons. The average Bonchev–Trinajstić information content (AvgIpc) is 3.12. The molecule has 128 valence electrons. The van der Waals surface area contributed by atoms with Crippen molar-refractivity contribution in [2.75, 3.05) is 4.90 Å². The molecule has 1 aromatic rings. The zero-order valence-electron chi connectivity index (χ0n) is 12.3. The van der Waals surface area contributed by atoms with Crippen molar-refractivity contribution in [1.82, 2.24) is 0 Å². The van der Waals surface area contributed by atoms with Crippen molar-refractivity contribution in [3.63, 3.8) is 0 Å². The highest BCUT2D eigenvalue weighted by Crippen LogP contribution is 2.60. The van der Waals surface area contributed by atoms with Crippen molar-refractivity contribution in [3.05, 3.63) is 24.3 Å². The molecule has 1 aliphatic heterocycles. The summed E-state index contributed by atoms with van der Waals surface area (Å²) < 4.78 is 22.7. The van der Waals surface area contributed by atoms with E-state index in [1.165, 1.54) is 29.2 Å². The first-order valence-electron chi connectivity index (χ1n) is 7.50. The Morgan fingerprint density at radius 1 is 0.958 bits per heavy atom. The number of alkyl halides is 2. The van der Waals surface area contributed by atoms with Crippen LogP contribution in [-0.4, -0.2) is 29.9 Å². The summed E-state index contributed by atoms with van der Waals surface area (Å²) in [5.74, 6) is -0.671. The number of primary sulfonamides is 1. The van der Waals surface area contributed by atoms with Crippen LogP contribution < -0.4 is 10.0 Å². The monoisotopic (exact) mass is 476 g/mol. The van der Waals surface area contributed by atoms with Gasteiger partial charge in [-0.15, -0.1) is 0 Å². The topological polar surface area (TPSA) is 97.5 Å². The molecular formula is C15H14Br2N2O4S. The number of benzene rings is 1. The fraction of sp³-hybridized carbons (Fsp3) is 0.467. The lowest BCUT2D eigenvalue weighted by atomic mass is 9.81. The van der Waals surface area contributed by atoms with Crippen LogP contribution in [0.5, 0.6) is 0 Å². The van der Waals surface area contributed by atoms with Gasteiger partial charge >= 0.3 is 0 Å². The van der Waals surface area contributed by atoms with E-state index < -0.39 is 10.0 Å². The Morgan fingerprint density at radius 2 is 1.42 bits per heavy atom. The van der Waals surface area contributed by atoms with E-state index in [2.05, 4.69) is 31.9 Å². The average molecular weight is 478 g/mol. The van der Waals surface area contributed by atoms with E-state index in [1.807, 2.05) is 0 Å². The maximum Gasteiger partial charge on any atom is 0.238 e. The minimum absolute atomic E-state index is 0.0494. The fourth-order valence-corrected chi connectivity index (χ4v) is 6.78. The summed E-state index contributed by atoms with van der Waals surface area (Å²) in [4.78, 5) is 27.2. The summed E-state index contributed by atoms with van der Waals surface area (Å²) in [6.07, 6.45) is 0.872. The van der Waals surface area contributed by atoms with Gasteiger partial charge in [-0.2, -0.15) is 0 Å². The van der Waals surface area contributed by atoms with E-state index in [9.17, 15) is 18.0 Å². The van der Waals surface area contributed by atoms with Crippen LogP contribution in [0.25, 0.3) is 0 Å². The highest BCUT2D eigenvalue weighted by atomic mass is 79.9. The molecule has 24 heavy (non-hydrogen) atoms. The second-order valence-electron chi connectivity index (χ2n) is 6.55. The zero-order chi connectivity index (χ0) is 17.4. The molecular weight excluding hydrogens is 464 g/mol. The number of carbonyl (C=O) groups is 2. The molecule has 2 saturated carbocycles. The summed E-state index contributed by atoms with van der Waals surface area (Å²) in [6.45, 7) is 0. The smallest absolute Gasteiger partial charge is 0.238 e. The molecule has 2 aliphatic carbocycles. The molecule has 4 rings (SSSR count). The van der Waals surface area contributed by atoms with Gasteiger partial charge in [0.25, 0.3) is 0 Å². The number of nitrogens with two attached hydrogens (primary N) is 1. The van der Waals surface area contributed by atoms with Gasteiger partial charge in [-0.25, -0.2) is 13.6 Å². The quantitative estimate of drug-likeness (QED) is 0.516. The van der Waals surface area contributed by atoms with E-state index in [-0.39, 0.29) is 50.0 Å². The molecule has 3 fully saturated rings. The van der Waals surface area contributed by atoms with Gasteiger partial charge in [0.1, 0.15) is 0 Å². The Balaban J connectivity index is 1.69. The van der Waals surface area contributed by atoms with Gasteiger partial charge in [0, 0.05) is 9.65 Å². The zero-order valence-corrected chi connectivity index (χ0v) is 16.3. The summed E-state index contributed by atoms with van der Waals surface area (Å²) in [7, 11) is -3.81. The number of halogens is 2. The summed E-state index contributed by atoms with van der Waals surface area (Å²) in [5.41, 5.74) is 0.392. The molecule has 1 saturated heterocycles. The maximum absolute atomic E-state index is 12.8. The number of amides is 2. The van der Waals surface area contributed by atoms with Gasteiger partial charge in [-0.3, -0.25) is 14.5 Å². The van der Waals surface area contributed by atoms with Crippen LogP contribution in [0.1, 0.15) is 6.42 Å². The predicted molar refractivity (Wildman–Crippen MR) is 94.3 cm³/mol. The first-order valence-corrected chi connectivity index (χ1v) is 10.9. The largest absolute Gasteiger partial charge is 0.274 e. The van der Waals surface area contributed by atoms with Crippen LogP contribution in [0.3, 0.4) is 0 Å². The van der Waals surface area contributed by atoms with Gasteiger partial charge in [0.05, 0.1) is 22.4 Å². The molecule has 3 aliphatic rings. The van der Waals surface area contributed by atoms with E-state index in [0.717, 1.165) is 6.42 Å². The van der Waals surface area contributed by atoms with Crippen molar-refractivity contribution in [2.24, 2.45) is 28.8 Å². The highest BCUT2D eigenvalue weighted by Gasteiger charge is 2.66. The van der Waals surface area contributed by atoms with Crippen LogP contribution in [0, 0.1) is 23.7 Å². The van der Waals surface area contributed by atoms with Crippen LogP contribution in [0.4, 0.5) is 5.69 Å². The van der Waals surface area contributed by atoms with Gasteiger partial charge in [-0.1, -0.05) is 31.9 Å². The fourth-order valence-electron chi connectivity index (χ4n) is 4.39. The molecule has 6 atom stereocenters. The minimum Gasteiger partial charge on any atom is -0.274 e. The first-order chi connectivity index (χ1) is 11.2. The Kier molecular flexibility index (Phi) is 3.73. The normalized spacial score (nSPS) is 38.0.